The molecule has 0 spiro atoms. The van der Waals surface area contributed by atoms with Crippen molar-refractivity contribution in [3.63, 3.8) is 0 Å². The maximum Gasteiger partial charge on any atom is 0.252 e. The summed E-state index contributed by atoms with van der Waals surface area (Å²) in [5.74, 6) is 0.886. The topological polar surface area (TPSA) is 83.4 Å². The van der Waals surface area contributed by atoms with Crippen LogP contribution < -0.4 is 5.73 Å². The van der Waals surface area contributed by atoms with E-state index in [0.29, 0.717) is 31.5 Å². The first-order valence-electron chi connectivity index (χ1n) is 4.92. The molecule has 0 amide bonds. The van der Waals surface area contributed by atoms with E-state index in [9.17, 15) is 0 Å². The lowest BCUT2D eigenvalue weighted by Crippen LogP contribution is -2.18. The Balaban J connectivity index is 2.39. The molecule has 86 valence electrons. The van der Waals surface area contributed by atoms with Gasteiger partial charge < -0.3 is 19.7 Å². The molecule has 6 nitrogen and oxygen atoms in total. The summed E-state index contributed by atoms with van der Waals surface area (Å²) in [5, 5.41) is 3.74. The van der Waals surface area contributed by atoms with E-state index >= 15 is 0 Å². The van der Waals surface area contributed by atoms with E-state index in [0.717, 1.165) is 6.42 Å². The zero-order chi connectivity index (χ0) is 11.1. The van der Waals surface area contributed by atoms with Crippen LogP contribution in [0.25, 0.3) is 0 Å². The van der Waals surface area contributed by atoms with Crippen molar-refractivity contribution in [2.45, 2.75) is 26.0 Å². The lowest BCUT2D eigenvalue weighted by Gasteiger charge is -2.06. The van der Waals surface area contributed by atoms with Gasteiger partial charge in [0.2, 0.25) is 0 Å². The van der Waals surface area contributed by atoms with Crippen LogP contribution in [0.4, 0.5) is 0 Å². The quantitative estimate of drug-likeness (QED) is 0.672. The Hall–Kier alpha value is -0.980. The van der Waals surface area contributed by atoms with Gasteiger partial charge in [-0.1, -0.05) is 12.1 Å². The molecule has 2 N–H and O–H groups in total. The standard InChI is InChI=1S/C9H17N3O3/c1-3-4-14-5-7(10)9-11-8(6-13-2)15-12-9/h7H,3-6,10H2,1-2H3. The number of hydrogen-bond donors (Lipinski definition) is 1. The highest BCUT2D eigenvalue weighted by molar-refractivity contribution is 4.92. The highest BCUT2D eigenvalue weighted by Gasteiger charge is 2.13. The zero-order valence-electron chi connectivity index (χ0n) is 9.10. The molecule has 15 heavy (non-hydrogen) atoms. The number of rotatable bonds is 7. The van der Waals surface area contributed by atoms with Gasteiger partial charge in [0.15, 0.2) is 5.82 Å². The molecule has 0 aliphatic heterocycles. The Bertz CT molecular complexity index is 277. The minimum absolute atomic E-state index is 0.301. The van der Waals surface area contributed by atoms with Crippen molar-refractivity contribution in [3.05, 3.63) is 11.7 Å². The molecule has 0 saturated heterocycles. The molecule has 1 aromatic heterocycles. The Morgan fingerprint density at radius 2 is 2.33 bits per heavy atom. The highest BCUT2D eigenvalue weighted by Crippen LogP contribution is 2.07. The number of aromatic nitrogens is 2. The lowest BCUT2D eigenvalue weighted by atomic mass is 10.3. The van der Waals surface area contributed by atoms with Crippen molar-refractivity contribution in [2.24, 2.45) is 5.73 Å². The summed E-state index contributed by atoms with van der Waals surface area (Å²) in [6, 6.07) is -0.342. The number of nitrogens with zero attached hydrogens (tertiary/aromatic N) is 2. The fraction of sp³-hybridized carbons (Fsp3) is 0.778. The molecule has 1 heterocycles. The molecule has 0 fully saturated rings. The van der Waals surface area contributed by atoms with Crippen LogP contribution in [0.5, 0.6) is 0 Å². The second kappa shape index (κ2) is 6.49. The van der Waals surface area contributed by atoms with E-state index in [2.05, 4.69) is 10.1 Å². The predicted molar refractivity (Wildman–Crippen MR) is 53.0 cm³/mol. The van der Waals surface area contributed by atoms with Crippen molar-refractivity contribution in [1.29, 1.82) is 0 Å². The van der Waals surface area contributed by atoms with Gasteiger partial charge in [0.25, 0.3) is 5.89 Å². The smallest absolute Gasteiger partial charge is 0.252 e. The second-order valence-corrected chi connectivity index (χ2v) is 3.16. The molecule has 6 heteroatoms. The van der Waals surface area contributed by atoms with E-state index in [4.69, 9.17) is 19.7 Å². The molecule has 1 rings (SSSR count). The molecule has 0 aromatic carbocycles. The molecule has 1 unspecified atom stereocenters. The second-order valence-electron chi connectivity index (χ2n) is 3.16. The first-order chi connectivity index (χ1) is 7.27. The largest absolute Gasteiger partial charge is 0.379 e. The van der Waals surface area contributed by atoms with Gasteiger partial charge in [-0.25, -0.2) is 0 Å². The monoisotopic (exact) mass is 215 g/mol. The van der Waals surface area contributed by atoms with Crippen LogP contribution in [0.15, 0.2) is 4.52 Å². The fourth-order valence-corrected chi connectivity index (χ4v) is 1.03. The van der Waals surface area contributed by atoms with Crippen LogP contribution in [0.3, 0.4) is 0 Å². The molecule has 0 bridgehead atoms. The third-order valence-electron chi connectivity index (χ3n) is 1.73. The highest BCUT2D eigenvalue weighted by atomic mass is 16.5. The van der Waals surface area contributed by atoms with Gasteiger partial charge in [-0.3, -0.25) is 0 Å². The van der Waals surface area contributed by atoms with Crippen LogP contribution in [-0.2, 0) is 16.1 Å². The molecule has 0 aliphatic rings. The van der Waals surface area contributed by atoms with Crippen LogP contribution in [-0.4, -0.2) is 30.5 Å². The number of ether oxygens (including phenoxy) is 2. The van der Waals surface area contributed by atoms with Gasteiger partial charge in [-0.15, -0.1) is 0 Å². The Morgan fingerprint density at radius 3 is 3.00 bits per heavy atom. The van der Waals surface area contributed by atoms with Gasteiger partial charge in [0, 0.05) is 13.7 Å². The summed E-state index contributed by atoms with van der Waals surface area (Å²) in [6.45, 7) is 3.43. The zero-order valence-corrected chi connectivity index (χ0v) is 9.10. The first kappa shape index (κ1) is 12.1. The average Bonchev–Trinajstić information content (AvgIpc) is 2.67. The normalized spacial score (nSPS) is 13.0. The van der Waals surface area contributed by atoms with Gasteiger partial charge in [-0.05, 0) is 6.42 Å². The minimum atomic E-state index is -0.342. The van der Waals surface area contributed by atoms with E-state index in [1.54, 1.807) is 7.11 Å². The van der Waals surface area contributed by atoms with E-state index in [1.807, 2.05) is 6.92 Å². The van der Waals surface area contributed by atoms with Crippen molar-refractivity contribution in [3.8, 4) is 0 Å². The van der Waals surface area contributed by atoms with Gasteiger partial charge in [-0.2, -0.15) is 4.98 Å². The summed E-state index contributed by atoms with van der Waals surface area (Å²) >= 11 is 0. The van der Waals surface area contributed by atoms with Gasteiger partial charge in [0.1, 0.15) is 6.61 Å². The van der Waals surface area contributed by atoms with E-state index in [-0.39, 0.29) is 6.04 Å². The number of hydrogen-bond acceptors (Lipinski definition) is 6. The first-order valence-corrected chi connectivity index (χ1v) is 4.92. The molecule has 0 radical (unpaired) electrons. The van der Waals surface area contributed by atoms with E-state index in [1.165, 1.54) is 0 Å². The molecule has 1 atom stereocenters. The predicted octanol–water partition coefficient (Wildman–Crippen LogP) is 0.642. The lowest BCUT2D eigenvalue weighted by molar-refractivity contribution is 0.119. The Kier molecular flexibility index (Phi) is 5.23. The summed E-state index contributed by atoms with van der Waals surface area (Å²) in [6.07, 6.45) is 0.966. The van der Waals surface area contributed by atoms with Crippen molar-refractivity contribution >= 4 is 0 Å². The molecule has 1 aromatic rings. The molecular formula is C9H17N3O3. The average molecular weight is 215 g/mol. The molecular weight excluding hydrogens is 198 g/mol. The maximum atomic E-state index is 5.79. The summed E-state index contributed by atoms with van der Waals surface area (Å²) in [7, 11) is 1.56. The van der Waals surface area contributed by atoms with Crippen LogP contribution in [0.1, 0.15) is 31.1 Å². The summed E-state index contributed by atoms with van der Waals surface area (Å²) in [5.41, 5.74) is 5.79. The van der Waals surface area contributed by atoms with Crippen molar-refractivity contribution in [2.75, 3.05) is 20.3 Å². The van der Waals surface area contributed by atoms with E-state index < -0.39 is 0 Å². The summed E-state index contributed by atoms with van der Waals surface area (Å²) < 4.78 is 15.1. The van der Waals surface area contributed by atoms with Crippen LogP contribution in [0, 0.1) is 0 Å². The van der Waals surface area contributed by atoms with Crippen molar-refractivity contribution in [1.82, 2.24) is 10.1 Å². The maximum absolute atomic E-state index is 5.79. The Labute approximate surface area is 88.7 Å². The summed E-state index contributed by atoms with van der Waals surface area (Å²) in [4.78, 5) is 4.07. The van der Waals surface area contributed by atoms with Crippen molar-refractivity contribution < 1.29 is 14.0 Å². The third-order valence-corrected chi connectivity index (χ3v) is 1.73. The third kappa shape index (κ3) is 3.94. The number of methoxy groups -OCH3 is 1. The SMILES string of the molecule is CCCOCC(N)c1noc(COC)n1. The minimum Gasteiger partial charge on any atom is -0.379 e. The van der Waals surface area contributed by atoms with Gasteiger partial charge >= 0.3 is 0 Å². The molecule has 0 aliphatic carbocycles. The fourth-order valence-electron chi connectivity index (χ4n) is 1.03. The van der Waals surface area contributed by atoms with Crippen LogP contribution >= 0.6 is 0 Å². The van der Waals surface area contributed by atoms with Gasteiger partial charge in [0.05, 0.1) is 12.6 Å². The number of nitrogens with two attached hydrogens (primary N) is 1. The van der Waals surface area contributed by atoms with Crippen LogP contribution in [0.2, 0.25) is 0 Å². The Morgan fingerprint density at radius 1 is 1.53 bits per heavy atom. The molecule has 0 saturated carbocycles.